The van der Waals surface area contributed by atoms with Crippen molar-refractivity contribution in [1.29, 1.82) is 0 Å². The fourth-order valence-corrected chi connectivity index (χ4v) is 5.74. The number of methoxy groups -OCH3 is 1. The number of amides is 3. The van der Waals surface area contributed by atoms with Crippen LogP contribution in [0.15, 0.2) is 148 Å². The highest BCUT2D eigenvalue weighted by Crippen LogP contribution is 2.41. The molecule has 0 fully saturated rings. The molecule has 3 amide bonds. The fraction of sp³-hybridized carbons (Fsp3) is 0.0488. The molecule has 256 valence electrons. The summed E-state index contributed by atoms with van der Waals surface area (Å²) in [7, 11) is 1.46. The molecule has 1 heterocycles. The summed E-state index contributed by atoms with van der Waals surface area (Å²) in [6.07, 6.45) is 1.52. The van der Waals surface area contributed by atoms with Gasteiger partial charge in [0.2, 0.25) is 0 Å². The number of para-hydroxylation sites is 1. The number of aromatic hydroxyl groups is 1. The average molecular weight is 690 g/mol. The molecule has 0 saturated heterocycles. The molecule has 11 heteroatoms. The maximum atomic E-state index is 13.9. The van der Waals surface area contributed by atoms with Crippen LogP contribution in [0.1, 0.15) is 36.8 Å². The standard InChI is InChI=1S/C41H31N5O6/c1-51-36-19-17-27(40(49)43-29-11-3-2-4-12-29)23-35(36)45-46-37-32-18-16-26(39(48)42-24-30-13-8-20-52-30)21-28(32)22-33(38(37)47)41(50)44-34-15-7-10-25-9-5-6-14-31(25)34/h2-23,47H,24H2,1H3,(H,42,48)(H,43,49)(H,44,50). The Bertz CT molecular complexity index is 2470. The number of benzene rings is 6. The number of phenolic OH excluding ortho intramolecular Hbond substituents is 1. The van der Waals surface area contributed by atoms with Gasteiger partial charge in [0.25, 0.3) is 17.7 Å². The zero-order valence-corrected chi connectivity index (χ0v) is 27.8. The third kappa shape index (κ3) is 7.05. The SMILES string of the molecule is COc1ccc(C(=O)Nc2ccccc2)cc1N=Nc1c(O)c(C(=O)Nc2cccc3ccccc23)cc2cc(C(=O)NCc3ccco3)ccc12. The first-order valence-corrected chi connectivity index (χ1v) is 16.2. The number of hydrogen-bond acceptors (Lipinski definition) is 8. The summed E-state index contributed by atoms with van der Waals surface area (Å²) in [5, 5.41) is 31.6. The van der Waals surface area contributed by atoms with Crippen molar-refractivity contribution in [2.75, 3.05) is 17.7 Å². The molecule has 1 aromatic heterocycles. The van der Waals surface area contributed by atoms with E-state index in [1.54, 1.807) is 60.7 Å². The van der Waals surface area contributed by atoms with Gasteiger partial charge in [-0.15, -0.1) is 10.2 Å². The van der Waals surface area contributed by atoms with E-state index in [1.807, 2.05) is 54.6 Å². The number of phenols is 1. The van der Waals surface area contributed by atoms with Crippen LogP contribution >= 0.6 is 0 Å². The summed E-state index contributed by atoms with van der Waals surface area (Å²) < 4.78 is 10.8. The molecule has 0 radical (unpaired) electrons. The van der Waals surface area contributed by atoms with Crippen LogP contribution in [0.2, 0.25) is 0 Å². The molecule has 7 aromatic rings. The molecule has 0 aliphatic carbocycles. The van der Waals surface area contributed by atoms with Gasteiger partial charge in [-0.1, -0.05) is 60.7 Å². The molecule has 52 heavy (non-hydrogen) atoms. The highest BCUT2D eigenvalue weighted by Gasteiger charge is 2.21. The van der Waals surface area contributed by atoms with Crippen molar-refractivity contribution in [3.8, 4) is 11.5 Å². The largest absolute Gasteiger partial charge is 0.505 e. The van der Waals surface area contributed by atoms with Gasteiger partial charge in [-0.3, -0.25) is 14.4 Å². The van der Waals surface area contributed by atoms with Crippen LogP contribution in [-0.2, 0) is 6.54 Å². The number of nitrogens with one attached hydrogen (secondary N) is 3. The van der Waals surface area contributed by atoms with Crippen molar-refractivity contribution < 1.29 is 28.6 Å². The molecule has 11 nitrogen and oxygen atoms in total. The predicted octanol–water partition coefficient (Wildman–Crippen LogP) is 9.15. The second-order valence-electron chi connectivity index (χ2n) is 11.7. The molecular weight excluding hydrogens is 658 g/mol. The van der Waals surface area contributed by atoms with Crippen LogP contribution in [-0.4, -0.2) is 29.9 Å². The van der Waals surface area contributed by atoms with E-state index in [-0.39, 0.29) is 35.3 Å². The highest BCUT2D eigenvalue weighted by atomic mass is 16.5. The maximum absolute atomic E-state index is 13.9. The molecule has 0 aliphatic rings. The van der Waals surface area contributed by atoms with E-state index in [4.69, 9.17) is 9.15 Å². The van der Waals surface area contributed by atoms with Gasteiger partial charge >= 0.3 is 0 Å². The number of nitrogens with zero attached hydrogens (tertiary/aromatic N) is 2. The Hall–Kier alpha value is -7.27. The Morgan fingerprint density at radius 2 is 1.46 bits per heavy atom. The van der Waals surface area contributed by atoms with E-state index in [2.05, 4.69) is 26.2 Å². The molecule has 0 bridgehead atoms. The molecule has 0 atom stereocenters. The number of ether oxygens (including phenoxy) is 1. The smallest absolute Gasteiger partial charge is 0.259 e. The van der Waals surface area contributed by atoms with Gasteiger partial charge in [0, 0.05) is 33.3 Å². The Morgan fingerprint density at radius 3 is 2.27 bits per heavy atom. The number of hydrogen-bond donors (Lipinski definition) is 4. The van der Waals surface area contributed by atoms with Gasteiger partial charge in [0.05, 0.1) is 25.5 Å². The summed E-state index contributed by atoms with van der Waals surface area (Å²) in [6.45, 7) is 0.182. The molecule has 6 aromatic carbocycles. The summed E-state index contributed by atoms with van der Waals surface area (Å²) in [5.74, 6) is -0.858. The minimum Gasteiger partial charge on any atom is -0.505 e. The lowest BCUT2D eigenvalue weighted by Crippen LogP contribution is -2.22. The molecular formula is C41H31N5O6. The highest BCUT2D eigenvalue weighted by molar-refractivity contribution is 6.14. The molecule has 7 rings (SSSR count). The van der Waals surface area contributed by atoms with E-state index >= 15 is 0 Å². The summed E-state index contributed by atoms with van der Waals surface area (Å²) >= 11 is 0. The van der Waals surface area contributed by atoms with Crippen LogP contribution < -0.4 is 20.7 Å². The zero-order valence-electron chi connectivity index (χ0n) is 27.8. The first kappa shape index (κ1) is 33.2. The van der Waals surface area contributed by atoms with Crippen LogP contribution in [0.25, 0.3) is 21.5 Å². The third-order valence-corrected chi connectivity index (χ3v) is 8.36. The second-order valence-corrected chi connectivity index (χ2v) is 11.7. The minimum absolute atomic E-state index is 0.0238. The van der Waals surface area contributed by atoms with Crippen molar-refractivity contribution in [3.05, 3.63) is 156 Å². The van der Waals surface area contributed by atoms with E-state index in [9.17, 15) is 19.5 Å². The fourth-order valence-electron chi connectivity index (χ4n) is 5.74. The van der Waals surface area contributed by atoms with E-state index < -0.39 is 11.7 Å². The van der Waals surface area contributed by atoms with Gasteiger partial charge in [-0.2, -0.15) is 0 Å². The Labute approximate surface area is 297 Å². The van der Waals surface area contributed by atoms with Crippen LogP contribution in [0, 0.1) is 0 Å². The first-order valence-electron chi connectivity index (χ1n) is 16.2. The first-order chi connectivity index (χ1) is 25.4. The van der Waals surface area contributed by atoms with Crippen LogP contribution in [0.4, 0.5) is 22.7 Å². The van der Waals surface area contributed by atoms with E-state index in [0.717, 1.165) is 10.8 Å². The zero-order chi connectivity index (χ0) is 36.0. The van der Waals surface area contributed by atoms with E-state index in [1.165, 1.54) is 25.5 Å². The monoisotopic (exact) mass is 689 g/mol. The normalized spacial score (nSPS) is 11.1. The minimum atomic E-state index is -0.600. The Balaban J connectivity index is 1.28. The number of carbonyl (C=O) groups is 3. The summed E-state index contributed by atoms with van der Waals surface area (Å²) in [4.78, 5) is 40.1. The van der Waals surface area contributed by atoms with Gasteiger partial charge < -0.3 is 30.2 Å². The van der Waals surface area contributed by atoms with Crippen molar-refractivity contribution in [1.82, 2.24) is 5.32 Å². The Kier molecular flexibility index (Phi) is 9.39. The quantitative estimate of drug-likeness (QED) is 0.105. The number of fused-ring (bicyclic) bond motifs is 2. The Morgan fingerprint density at radius 1 is 0.692 bits per heavy atom. The molecule has 0 spiro atoms. The predicted molar refractivity (Wildman–Crippen MR) is 199 cm³/mol. The number of anilines is 2. The second kappa shape index (κ2) is 14.7. The number of azo groups is 1. The lowest BCUT2D eigenvalue weighted by molar-refractivity contribution is 0.0946. The van der Waals surface area contributed by atoms with Gasteiger partial charge in [0.15, 0.2) is 5.75 Å². The van der Waals surface area contributed by atoms with Gasteiger partial charge in [-0.05, 0) is 77.5 Å². The number of rotatable bonds is 10. The van der Waals surface area contributed by atoms with Crippen molar-refractivity contribution >= 4 is 62.0 Å². The lowest BCUT2D eigenvalue weighted by atomic mass is 10.00. The topological polar surface area (TPSA) is 155 Å². The maximum Gasteiger partial charge on any atom is 0.259 e. The van der Waals surface area contributed by atoms with Crippen LogP contribution in [0.5, 0.6) is 11.5 Å². The number of carbonyl (C=O) groups excluding carboxylic acids is 3. The third-order valence-electron chi connectivity index (χ3n) is 8.36. The van der Waals surface area contributed by atoms with Crippen molar-refractivity contribution in [3.63, 3.8) is 0 Å². The molecule has 0 aliphatic heterocycles. The number of furan rings is 1. The van der Waals surface area contributed by atoms with Gasteiger partial charge in [0.1, 0.15) is 22.9 Å². The van der Waals surface area contributed by atoms with Crippen molar-refractivity contribution in [2.45, 2.75) is 6.54 Å². The average Bonchev–Trinajstić information content (AvgIpc) is 3.70. The van der Waals surface area contributed by atoms with Crippen molar-refractivity contribution in [2.24, 2.45) is 10.2 Å². The summed E-state index contributed by atoms with van der Waals surface area (Å²) in [6, 6.07) is 36.7. The lowest BCUT2D eigenvalue weighted by Gasteiger charge is -2.13. The van der Waals surface area contributed by atoms with Gasteiger partial charge in [-0.25, -0.2) is 0 Å². The van der Waals surface area contributed by atoms with Crippen LogP contribution in [0.3, 0.4) is 0 Å². The summed E-state index contributed by atoms with van der Waals surface area (Å²) in [5.41, 5.74) is 1.86. The molecule has 0 unspecified atom stereocenters. The van der Waals surface area contributed by atoms with E-state index in [0.29, 0.717) is 44.8 Å². The molecule has 0 saturated carbocycles. The molecule has 4 N–H and O–H groups in total.